The number of rotatable bonds is 11. The predicted octanol–water partition coefficient (Wildman–Crippen LogP) is 9.38. The Balaban J connectivity index is 0.000000234. The molecule has 0 radical (unpaired) electrons. The molecule has 12 nitrogen and oxygen atoms in total. The second-order valence-electron chi connectivity index (χ2n) is 15.3. The van der Waals surface area contributed by atoms with Gasteiger partial charge in [-0.3, -0.25) is 9.13 Å². The number of hydrogen-bond acceptors (Lipinski definition) is 8. The van der Waals surface area contributed by atoms with E-state index >= 15 is 0 Å². The summed E-state index contributed by atoms with van der Waals surface area (Å²) >= 11 is 0. The standard InChI is InChI=1S/C16H18O2.2C12H11O2P.2C7H6O2.C3H8O2/c1-12(15(17)13-8-4-2-5-9-13)16(18)14-10-6-3-7-11-14;2*13-15(14,11-7-3-1-4-8-11)12-9-5-2-6-10-12;2*8-7(9)6-4-2-1-3-5-6;1-2-3(4)5/h2-12,15-18H,1H3;2*1-10H,(H,13,14);2*1-5H,(H,8,9);3-5H,2H2,1H3. The highest BCUT2D eigenvalue weighted by atomic mass is 31.2. The van der Waals surface area contributed by atoms with E-state index in [1.807, 2.05) is 91.9 Å². The number of aliphatic hydroxyl groups excluding tert-OH is 3. The highest BCUT2D eigenvalue weighted by molar-refractivity contribution is 7.73. The first-order chi connectivity index (χ1) is 34.0. The molecular weight excluding hydrogens is 939 g/mol. The van der Waals surface area contributed by atoms with Crippen molar-refractivity contribution in [1.82, 2.24) is 0 Å². The van der Waals surface area contributed by atoms with E-state index in [9.17, 15) is 38.7 Å². The molecule has 2 unspecified atom stereocenters. The van der Waals surface area contributed by atoms with Crippen LogP contribution in [0.4, 0.5) is 0 Å². The van der Waals surface area contributed by atoms with Crippen molar-refractivity contribution in [2.24, 2.45) is 5.92 Å². The minimum absolute atomic E-state index is 0.255. The Bertz CT molecular complexity index is 2500. The van der Waals surface area contributed by atoms with Gasteiger partial charge in [-0.2, -0.15) is 0 Å². The molecule has 71 heavy (non-hydrogen) atoms. The maximum absolute atomic E-state index is 12.2. The summed E-state index contributed by atoms with van der Waals surface area (Å²) in [5.74, 6) is -2.01. The molecule has 8 aromatic rings. The number of carboxylic acid groups (broad SMARTS) is 2. The Labute approximate surface area is 415 Å². The SMILES string of the molecule is CC(C(O)c1ccccc1)C(O)c1ccccc1.CCC(O)O.O=C(O)c1ccccc1.O=C(O)c1ccccc1.O=P(O)(c1ccccc1)c1ccccc1.O=P(O)(c1ccccc1)c1ccccc1. The van der Waals surface area contributed by atoms with E-state index in [0.717, 1.165) is 11.1 Å². The summed E-state index contributed by atoms with van der Waals surface area (Å²) in [6.07, 6.45) is -2.03. The zero-order valence-corrected chi connectivity index (χ0v) is 41.0. The van der Waals surface area contributed by atoms with Gasteiger partial charge in [-0.15, -0.1) is 0 Å². The van der Waals surface area contributed by atoms with Gasteiger partial charge in [0, 0.05) is 27.1 Å². The van der Waals surface area contributed by atoms with E-state index in [4.69, 9.17) is 20.4 Å². The molecule has 8 N–H and O–H groups in total. The molecule has 370 valence electrons. The minimum atomic E-state index is -3.40. The molecule has 0 bridgehead atoms. The molecule has 14 heteroatoms. The molecule has 8 rings (SSSR count). The second-order valence-corrected chi connectivity index (χ2v) is 19.7. The number of benzene rings is 8. The normalized spacial score (nSPS) is 11.7. The van der Waals surface area contributed by atoms with E-state index in [1.54, 1.807) is 165 Å². The summed E-state index contributed by atoms with van der Waals surface area (Å²) in [5, 5.41) is 55.0. The third-order valence-corrected chi connectivity index (χ3v) is 14.1. The lowest BCUT2D eigenvalue weighted by Gasteiger charge is -2.24. The number of carbonyl (C=O) groups is 2. The first-order valence-corrected chi connectivity index (χ1v) is 25.6. The molecule has 0 saturated heterocycles. The first-order valence-electron chi connectivity index (χ1n) is 22.3. The van der Waals surface area contributed by atoms with Crippen molar-refractivity contribution in [3.05, 3.63) is 265 Å². The van der Waals surface area contributed by atoms with Gasteiger partial charge < -0.3 is 40.4 Å². The van der Waals surface area contributed by atoms with Gasteiger partial charge in [0.05, 0.1) is 23.3 Å². The van der Waals surface area contributed by atoms with Crippen molar-refractivity contribution < 1.29 is 59.1 Å². The molecule has 8 aromatic carbocycles. The van der Waals surface area contributed by atoms with Gasteiger partial charge in [0.2, 0.25) is 0 Å². The first kappa shape index (κ1) is 58.2. The lowest BCUT2D eigenvalue weighted by Crippen LogP contribution is -2.17. The van der Waals surface area contributed by atoms with Crippen molar-refractivity contribution in [2.45, 2.75) is 38.8 Å². The van der Waals surface area contributed by atoms with Gasteiger partial charge in [0.15, 0.2) is 6.29 Å². The second kappa shape index (κ2) is 31.2. The quantitative estimate of drug-likeness (QED) is 0.0448. The van der Waals surface area contributed by atoms with E-state index in [0.29, 0.717) is 38.8 Å². The van der Waals surface area contributed by atoms with E-state index in [1.165, 1.54) is 0 Å². The molecule has 0 aliphatic heterocycles. The van der Waals surface area contributed by atoms with Crippen LogP contribution in [0.1, 0.15) is 64.3 Å². The van der Waals surface area contributed by atoms with Crippen LogP contribution in [0.25, 0.3) is 0 Å². The smallest absolute Gasteiger partial charge is 0.335 e. The maximum atomic E-state index is 12.2. The van der Waals surface area contributed by atoms with Crippen LogP contribution < -0.4 is 21.2 Å². The van der Waals surface area contributed by atoms with Crippen LogP contribution in [0.5, 0.6) is 0 Å². The zero-order chi connectivity index (χ0) is 52.1. The summed E-state index contributed by atoms with van der Waals surface area (Å²) in [6.45, 7) is 3.56. The molecule has 0 saturated carbocycles. The highest BCUT2D eigenvalue weighted by Crippen LogP contribution is 2.38. The van der Waals surface area contributed by atoms with E-state index in [-0.39, 0.29) is 5.92 Å². The summed E-state index contributed by atoms with van der Waals surface area (Å²) in [4.78, 5) is 40.4. The average molecular weight is 999 g/mol. The molecule has 0 aromatic heterocycles. The van der Waals surface area contributed by atoms with Gasteiger partial charge in [-0.25, -0.2) is 9.59 Å². The zero-order valence-electron chi connectivity index (χ0n) is 39.2. The van der Waals surface area contributed by atoms with E-state index in [2.05, 4.69) is 0 Å². The third-order valence-electron chi connectivity index (χ3n) is 10.1. The number of carboxylic acids is 2. The maximum Gasteiger partial charge on any atom is 0.335 e. The largest absolute Gasteiger partial charge is 0.478 e. The highest BCUT2D eigenvalue weighted by Gasteiger charge is 2.25. The van der Waals surface area contributed by atoms with E-state index < -0.39 is 45.2 Å². The lowest BCUT2D eigenvalue weighted by atomic mass is 9.89. The topological polar surface area (TPSA) is 230 Å². The molecule has 0 fully saturated rings. The van der Waals surface area contributed by atoms with Gasteiger partial charge in [0.1, 0.15) is 0 Å². The monoisotopic (exact) mass is 998 g/mol. The van der Waals surface area contributed by atoms with Crippen LogP contribution in [0.15, 0.2) is 243 Å². The van der Waals surface area contributed by atoms with Crippen molar-refractivity contribution >= 4 is 47.9 Å². The van der Waals surface area contributed by atoms with Crippen molar-refractivity contribution in [3.63, 3.8) is 0 Å². The van der Waals surface area contributed by atoms with Gasteiger partial charge in [0.25, 0.3) is 14.7 Å². The summed E-state index contributed by atoms with van der Waals surface area (Å²) in [6, 6.07) is 70.3. The van der Waals surface area contributed by atoms with Crippen LogP contribution in [-0.4, -0.2) is 58.7 Å². The molecular formula is C57H60O12P2. The van der Waals surface area contributed by atoms with Crippen LogP contribution >= 0.6 is 14.7 Å². The molecule has 0 heterocycles. The molecule has 0 aliphatic rings. The van der Waals surface area contributed by atoms with Crippen LogP contribution in [-0.2, 0) is 9.13 Å². The van der Waals surface area contributed by atoms with Crippen LogP contribution in [0, 0.1) is 5.92 Å². The summed E-state index contributed by atoms with van der Waals surface area (Å²) < 4.78 is 24.3. The average Bonchev–Trinajstić information content (AvgIpc) is 3.43. The molecule has 0 amide bonds. The van der Waals surface area contributed by atoms with Crippen LogP contribution in [0.3, 0.4) is 0 Å². The fourth-order valence-corrected chi connectivity index (χ4v) is 8.96. The number of hydrogen-bond donors (Lipinski definition) is 8. The Morgan fingerprint density at radius 1 is 0.380 bits per heavy atom. The fourth-order valence-electron chi connectivity index (χ4n) is 6.06. The number of aliphatic hydroxyl groups is 4. The minimum Gasteiger partial charge on any atom is -0.478 e. The number of aromatic carboxylic acids is 2. The predicted molar refractivity (Wildman–Crippen MR) is 281 cm³/mol. The van der Waals surface area contributed by atoms with Gasteiger partial charge in [-0.05, 0) is 90.3 Å². The summed E-state index contributed by atoms with van der Waals surface area (Å²) in [5.41, 5.74) is 2.33. The lowest BCUT2D eigenvalue weighted by molar-refractivity contribution is -0.0413. The van der Waals surface area contributed by atoms with Crippen molar-refractivity contribution in [3.8, 4) is 0 Å². The van der Waals surface area contributed by atoms with Crippen molar-refractivity contribution in [1.29, 1.82) is 0 Å². The molecule has 2 atom stereocenters. The molecule has 0 spiro atoms. The van der Waals surface area contributed by atoms with Gasteiger partial charge >= 0.3 is 11.9 Å². The Morgan fingerprint density at radius 2 is 0.563 bits per heavy atom. The Morgan fingerprint density at radius 3 is 0.732 bits per heavy atom. The van der Waals surface area contributed by atoms with Crippen molar-refractivity contribution in [2.75, 3.05) is 0 Å². The Hall–Kier alpha value is -7.08. The fraction of sp³-hybridized carbons (Fsp3) is 0.123. The van der Waals surface area contributed by atoms with Gasteiger partial charge in [-0.1, -0.05) is 184 Å². The summed E-state index contributed by atoms with van der Waals surface area (Å²) in [7, 11) is -6.79. The third kappa shape index (κ3) is 20.4. The molecule has 0 aliphatic carbocycles. The van der Waals surface area contributed by atoms with Crippen LogP contribution in [0.2, 0.25) is 0 Å². The Kier molecular flexibility index (Phi) is 25.6.